The number of benzene rings is 2. The molecule has 2 aliphatic rings. The Kier molecular flexibility index (Phi) is 5.31. The molecule has 2 heterocycles. The molecule has 4 amide bonds. The molecule has 1 fully saturated rings. The minimum absolute atomic E-state index is 0.361. The minimum Gasteiger partial charge on any atom is -0.486 e. The first-order valence-corrected chi connectivity index (χ1v) is 9.82. The van der Waals surface area contributed by atoms with Crippen LogP contribution in [0.1, 0.15) is 18.9 Å². The van der Waals surface area contributed by atoms with Crippen molar-refractivity contribution >= 4 is 23.5 Å². The zero-order valence-electron chi connectivity index (χ0n) is 16.6. The number of carbonyl (C=O) groups is 3. The van der Waals surface area contributed by atoms with Crippen LogP contribution in [0.2, 0.25) is 0 Å². The van der Waals surface area contributed by atoms with E-state index in [1.165, 1.54) is 0 Å². The van der Waals surface area contributed by atoms with Crippen LogP contribution in [0.4, 0.5) is 10.5 Å². The number of hydrogen-bond acceptors (Lipinski definition) is 5. The van der Waals surface area contributed by atoms with Crippen molar-refractivity contribution in [3.63, 3.8) is 0 Å². The maximum Gasteiger partial charge on any atom is 0.325 e. The summed E-state index contributed by atoms with van der Waals surface area (Å²) in [6.07, 6.45) is 1.09. The second-order valence-corrected chi connectivity index (χ2v) is 7.55. The second kappa shape index (κ2) is 8.06. The molecule has 2 aliphatic heterocycles. The number of rotatable bonds is 6. The van der Waals surface area contributed by atoms with E-state index < -0.39 is 23.4 Å². The molecule has 156 valence electrons. The van der Waals surface area contributed by atoms with Gasteiger partial charge in [-0.2, -0.15) is 0 Å². The number of carbonyl (C=O) groups excluding carboxylic acids is 3. The Hall–Kier alpha value is -3.55. The quantitative estimate of drug-likeness (QED) is 0.714. The van der Waals surface area contributed by atoms with E-state index in [2.05, 4.69) is 10.6 Å². The van der Waals surface area contributed by atoms with Crippen LogP contribution in [-0.2, 0) is 16.0 Å². The van der Waals surface area contributed by atoms with E-state index in [9.17, 15) is 14.4 Å². The van der Waals surface area contributed by atoms with Gasteiger partial charge in [0.05, 0.1) is 0 Å². The maximum absolute atomic E-state index is 12.9. The Bertz CT molecular complexity index is 978. The Morgan fingerprint density at radius 2 is 1.83 bits per heavy atom. The van der Waals surface area contributed by atoms with Crippen LogP contribution in [0.25, 0.3) is 0 Å². The van der Waals surface area contributed by atoms with E-state index in [-0.39, 0.29) is 6.54 Å². The second-order valence-electron chi connectivity index (χ2n) is 7.55. The highest BCUT2D eigenvalue weighted by Gasteiger charge is 2.47. The van der Waals surface area contributed by atoms with Crippen molar-refractivity contribution in [2.45, 2.75) is 25.3 Å². The van der Waals surface area contributed by atoms with Crippen molar-refractivity contribution in [3.05, 3.63) is 54.1 Å². The number of nitrogens with one attached hydrogen (secondary N) is 2. The van der Waals surface area contributed by atoms with Gasteiger partial charge in [0.15, 0.2) is 11.5 Å². The van der Waals surface area contributed by atoms with E-state index in [4.69, 9.17) is 9.47 Å². The fourth-order valence-electron chi connectivity index (χ4n) is 3.56. The molecule has 30 heavy (non-hydrogen) atoms. The predicted octanol–water partition coefficient (Wildman–Crippen LogP) is 2.34. The zero-order valence-corrected chi connectivity index (χ0v) is 16.6. The summed E-state index contributed by atoms with van der Waals surface area (Å²) in [5, 5.41) is 5.43. The number of aryl methyl sites for hydroxylation is 1. The van der Waals surface area contributed by atoms with E-state index >= 15 is 0 Å². The van der Waals surface area contributed by atoms with Gasteiger partial charge in [-0.3, -0.25) is 14.5 Å². The summed E-state index contributed by atoms with van der Waals surface area (Å²) in [7, 11) is 0. The number of fused-ring (bicyclic) bond motifs is 1. The fraction of sp³-hybridized carbons (Fsp3) is 0.318. The number of hydrogen-bond donors (Lipinski definition) is 2. The summed E-state index contributed by atoms with van der Waals surface area (Å²) in [5.41, 5.74) is 0.545. The highest BCUT2D eigenvalue weighted by Crippen LogP contribution is 2.32. The lowest BCUT2D eigenvalue weighted by Gasteiger charge is -2.21. The molecular weight excluding hydrogens is 386 g/mol. The van der Waals surface area contributed by atoms with Crippen LogP contribution in [0, 0.1) is 0 Å². The van der Waals surface area contributed by atoms with E-state index in [0.29, 0.717) is 43.2 Å². The van der Waals surface area contributed by atoms with E-state index in [1.54, 1.807) is 25.1 Å². The fourth-order valence-corrected chi connectivity index (χ4v) is 3.56. The van der Waals surface area contributed by atoms with Gasteiger partial charge in [0, 0.05) is 11.8 Å². The average molecular weight is 409 g/mol. The van der Waals surface area contributed by atoms with Crippen molar-refractivity contribution < 1.29 is 23.9 Å². The van der Waals surface area contributed by atoms with Crippen molar-refractivity contribution in [1.29, 1.82) is 0 Å². The maximum atomic E-state index is 12.9. The van der Waals surface area contributed by atoms with Gasteiger partial charge in [0.1, 0.15) is 25.3 Å². The molecule has 8 nitrogen and oxygen atoms in total. The number of amides is 4. The van der Waals surface area contributed by atoms with Crippen LogP contribution in [0.15, 0.2) is 48.5 Å². The van der Waals surface area contributed by atoms with Gasteiger partial charge in [-0.25, -0.2) is 4.79 Å². The standard InChI is InChI=1S/C22H23N3O5/c1-22(10-9-15-5-3-2-4-6-15)20(27)25(21(28)24-22)14-19(26)23-16-7-8-17-18(13-16)30-12-11-29-17/h2-8,13H,9-12,14H2,1H3,(H,23,26)(H,24,28)/t22-/m1/s1. The Labute approximate surface area is 174 Å². The van der Waals surface area contributed by atoms with Crippen LogP contribution in [0.5, 0.6) is 11.5 Å². The SMILES string of the molecule is C[C@]1(CCc2ccccc2)NC(=O)N(CC(=O)Nc2ccc3c(c2)OCCO3)C1=O. The summed E-state index contributed by atoms with van der Waals surface area (Å²) in [4.78, 5) is 38.7. The number of urea groups is 1. The molecule has 1 saturated heterocycles. The summed E-state index contributed by atoms with van der Waals surface area (Å²) >= 11 is 0. The minimum atomic E-state index is -1.04. The lowest BCUT2D eigenvalue weighted by molar-refractivity contribution is -0.133. The summed E-state index contributed by atoms with van der Waals surface area (Å²) in [6, 6.07) is 14.2. The topological polar surface area (TPSA) is 97.0 Å². The van der Waals surface area contributed by atoms with Gasteiger partial charge < -0.3 is 20.1 Å². The highest BCUT2D eigenvalue weighted by molar-refractivity contribution is 6.09. The first-order chi connectivity index (χ1) is 14.4. The third kappa shape index (κ3) is 4.07. The lowest BCUT2D eigenvalue weighted by atomic mass is 9.93. The predicted molar refractivity (Wildman–Crippen MR) is 109 cm³/mol. The monoisotopic (exact) mass is 409 g/mol. The van der Waals surface area contributed by atoms with Crippen molar-refractivity contribution in [2.24, 2.45) is 0 Å². The molecule has 0 bridgehead atoms. The van der Waals surface area contributed by atoms with Gasteiger partial charge in [-0.1, -0.05) is 30.3 Å². The third-order valence-electron chi connectivity index (χ3n) is 5.23. The molecule has 0 spiro atoms. The smallest absolute Gasteiger partial charge is 0.325 e. The molecule has 2 N–H and O–H groups in total. The molecule has 2 aromatic rings. The number of imide groups is 1. The van der Waals surface area contributed by atoms with Crippen LogP contribution in [0.3, 0.4) is 0 Å². The van der Waals surface area contributed by atoms with Crippen molar-refractivity contribution in [1.82, 2.24) is 10.2 Å². The van der Waals surface area contributed by atoms with Gasteiger partial charge >= 0.3 is 6.03 Å². The normalized spacial score (nSPS) is 20.1. The molecule has 0 aliphatic carbocycles. The van der Waals surface area contributed by atoms with Crippen LogP contribution >= 0.6 is 0 Å². The Balaban J connectivity index is 1.37. The van der Waals surface area contributed by atoms with Gasteiger partial charge in [-0.15, -0.1) is 0 Å². The average Bonchev–Trinajstić information content (AvgIpc) is 2.96. The molecular formula is C22H23N3O5. The molecule has 2 aromatic carbocycles. The Morgan fingerprint density at radius 3 is 2.60 bits per heavy atom. The summed E-state index contributed by atoms with van der Waals surface area (Å²) in [5.74, 6) is 0.285. The molecule has 0 unspecified atom stereocenters. The third-order valence-corrected chi connectivity index (χ3v) is 5.23. The highest BCUT2D eigenvalue weighted by atomic mass is 16.6. The summed E-state index contributed by atoms with van der Waals surface area (Å²) in [6.45, 7) is 2.25. The number of anilines is 1. The van der Waals surface area contributed by atoms with Gasteiger partial charge in [-0.05, 0) is 37.5 Å². The lowest BCUT2D eigenvalue weighted by Crippen LogP contribution is -2.45. The number of nitrogens with zero attached hydrogens (tertiary/aromatic N) is 1. The molecule has 1 atom stereocenters. The largest absolute Gasteiger partial charge is 0.486 e. The Morgan fingerprint density at radius 1 is 1.10 bits per heavy atom. The van der Waals surface area contributed by atoms with Crippen LogP contribution in [-0.4, -0.2) is 48.0 Å². The van der Waals surface area contributed by atoms with E-state index in [1.807, 2.05) is 30.3 Å². The van der Waals surface area contributed by atoms with Crippen molar-refractivity contribution in [3.8, 4) is 11.5 Å². The zero-order chi connectivity index (χ0) is 21.1. The number of ether oxygens (including phenoxy) is 2. The first-order valence-electron chi connectivity index (χ1n) is 9.82. The molecule has 0 radical (unpaired) electrons. The molecule has 0 saturated carbocycles. The summed E-state index contributed by atoms with van der Waals surface area (Å²) < 4.78 is 11.0. The van der Waals surface area contributed by atoms with Crippen LogP contribution < -0.4 is 20.1 Å². The molecule has 0 aromatic heterocycles. The van der Waals surface area contributed by atoms with Gasteiger partial charge in [0.25, 0.3) is 5.91 Å². The first kappa shape index (κ1) is 19.8. The molecule has 8 heteroatoms. The molecule has 4 rings (SSSR count). The van der Waals surface area contributed by atoms with Crippen molar-refractivity contribution in [2.75, 3.05) is 25.1 Å². The van der Waals surface area contributed by atoms with E-state index in [0.717, 1.165) is 10.5 Å². The van der Waals surface area contributed by atoms with Gasteiger partial charge in [0.2, 0.25) is 5.91 Å².